The number of hydrogen-bond donors (Lipinski definition) is 4. The summed E-state index contributed by atoms with van der Waals surface area (Å²) in [4.78, 5) is 47.5. The number of nitrogens with zero attached hydrogens (tertiary/aromatic N) is 1. The molecule has 44 heavy (non-hydrogen) atoms. The highest BCUT2D eigenvalue weighted by Gasteiger charge is 2.70. The van der Waals surface area contributed by atoms with Gasteiger partial charge in [-0.2, -0.15) is 0 Å². The molecule has 1 amide bonds. The Hall–Kier alpha value is -2.48. The number of nitrogens with one attached hydrogen (secondary N) is 2. The summed E-state index contributed by atoms with van der Waals surface area (Å²) in [5, 5.41) is 23.8. The van der Waals surface area contributed by atoms with E-state index in [9.17, 15) is 24.6 Å². The van der Waals surface area contributed by atoms with Crippen molar-refractivity contribution in [1.29, 1.82) is 0 Å². The van der Waals surface area contributed by atoms with Crippen LogP contribution in [0.25, 0.3) is 0 Å². The first kappa shape index (κ1) is 31.5. The van der Waals surface area contributed by atoms with Crippen LogP contribution in [0.15, 0.2) is 24.2 Å². The van der Waals surface area contributed by atoms with Crippen LogP contribution in [0.5, 0.6) is 0 Å². The number of imidazole rings is 1. The highest BCUT2D eigenvalue weighted by Crippen LogP contribution is 2.75. The Bertz CT molecular complexity index is 1390. The Kier molecular flexibility index (Phi) is 7.16. The van der Waals surface area contributed by atoms with Crippen LogP contribution >= 0.6 is 0 Å². The van der Waals surface area contributed by atoms with E-state index < -0.39 is 17.4 Å². The molecule has 1 heterocycles. The van der Waals surface area contributed by atoms with E-state index in [1.54, 1.807) is 6.20 Å². The minimum Gasteiger partial charge on any atom is -0.480 e. The molecule has 0 bridgehead atoms. The molecule has 8 nitrogen and oxygen atoms in total. The molecule has 0 aliphatic heterocycles. The number of carbonyl (C=O) groups excluding carboxylic acids is 2. The second-order valence-corrected chi connectivity index (χ2v) is 17.3. The van der Waals surface area contributed by atoms with E-state index in [2.05, 4.69) is 56.8 Å². The molecule has 10 atom stereocenters. The van der Waals surface area contributed by atoms with E-state index in [0.717, 1.165) is 44.9 Å². The topological polar surface area (TPSA) is 132 Å². The van der Waals surface area contributed by atoms with E-state index in [0.29, 0.717) is 24.5 Å². The SMILES string of the molecule is CC1(C)[C@@H](O)CC[C@]2(C)[C@H]3C(=O)C=C4[C@@H]5C[C@@](C)(C(=O)N[C@H](Cc6cnc[nH]6)C(=O)O)CC[C@]5(C)CC[C@@]4(C)[C@]3(C)CC[C@@H]12. The fourth-order valence-corrected chi connectivity index (χ4v) is 11.5. The Labute approximate surface area is 262 Å². The summed E-state index contributed by atoms with van der Waals surface area (Å²) in [5.41, 5.74) is 0.395. The summed E-state index contributed by atoms with van der Waals surface area (Å²) in [6.07, 6.45) is 12.8. The highest BCUT2D eigenvalue weighted by atomic mass is 16.4. The van der Waals surface area contributed by atoms with Crippen LogP contribution in [0, 0.1) is 50.2 Å². The van der Waals surface area contributed by atoms with Gasteiger partial charge < -0.3 is 20.5 Å². The maximum atomic E-state index is 14.5. The maximum absolute atomic E-state index is 14.5. The number of aliphatic hydroxyl groups is 1. The number of fused-ring (bicyclic) bond motifs is 7. The van der Waals surface area contributed by atoms with Gasteiger partial charge in [0.25, 0.3) is 0 Å². The summed E-state index contributed by atoms with van der Waals surface area (Å²) < 4.78 is 0. The lowest BCUT2D eigenvalue weighted by atomic mass is 9.33. The third-order valence-electron chi connectivity index (χ3n) is 14.7. The van der Waals surface area contributed by atoms with E-state index in [1.165, 1.54) is 11.9 Å². The van der Waals surface area contributed by atoms with Crippen molar-refractivity contribution >= 4 is 17.7 Å². The monoisotopic (exact) mass is 607 g/mol. The van der Waals surface area contributed by atoms with Crippen molar-refractivity contribution in [2.45, 2.75) is 125 Å². The highest BCUT2D eigenvalue weighted by molar-refractivity contribution is 5.96. The summed E-state index contributed by atoms with van der Waals surface area (Å²) in [6, 6.07) is -1.05. The number of aliphatic carboxylic acids is 1. The first-order valence-corrected chi connectivity index (χ1v) is 16.9. The first-order chi connectivity index (χ1) is 20.4. The fraction of sp³-hybridized carbons (Fsp3) is 0.778. The summed E-state index contributed by atoms with van der Waals surface area (Å²) in [7, 11) is 0. The van der Waals surface area contributed by atoms with Gasteiger partial charge in [-0.25, -0.2) is 9.78 Å². The summed E-state index contributed by atoms with van der Waals surface area (Å²) >= 11 is 0. The minimum absolute atomic E-state index is 0.00519. The molecule has 4 saturated carbocycles. The number of aromatic nitrogens is 2. The van der Waals surface area contributed by atoms with Gasteiger partial charge in [0.1, 0.15) is 6.04 Å². The number of H-pyrrole nitrogens is 1. The number of ketones is 1. The number of amides is 1. The van der Waals surface area contributed by atoms with Crippen molar-refractivity contribution in [2.24, 2.45) is 50.2 Å². The maximum Gasteiger partial charge on any atom is 0.326 e. The molecule has 5 aliphatic carbocycles. The zero-order valence-corrected chi connectivity index (χ0v) is 27.8. The minimum atomic E-state index is -1.07. The van der Waals surface area contributed by atoms with E-state index in [-0.39, 0.29) is 63.1 Å². The van der Waals surface area contributed by atoms with E-state index in [1.807, 2.05) is 13.0 Å². The number of hydrogen-bond acceptors (Lipinski definition) is 5. The van der Waals surface area contributed by atoms with Gasteiger partial charge in [-0.05, 0) is 103 Å². The second kappa shape index (κ2) is 10.0. The standard InChI is InChI=1S/C36H53N3O5/c1-31(2)26-8-11-36(7)28(34(26,5)10-9-27(31)41)25(40)17-22-23-18-33(4,13-12-32(23,3)14-15-35(22,36)6)30(44)39-24(29(42)43)16-21-19-37-20-38-21/h17,19-20,23-24,26-28,41H,8-16,18H2,1-7H3,(H,37,38)(H,39,44)(H,42,43)/t23-,24+,26-,27-,28+,32+,33-,34-,35+,36+/m0/s1. The van der Waals surface area contributed by atoms with Crippen molar-refractivity contribution in [2.75, 3.05) is 0 Å². The Morgan fingerprint density at radius 3 is 2.39 bits per heavy atom. The lowest BCUT2D eigenvalue weighted by Crippen LogP contribution is -2.66. The lowest BCUT2D eigenvalue weighted by molar-refractivity contribution is -0.202. The predicted molar refractivity (Wildman–Crippen MR) is 167 cm³/mol. The molecular weight excluding hydrogens is 554 g/mol. The fourth-order valence-electron chi connectivity index (χ4n) is 11.5. The van der Waals surface area contributed by atoms with Gasteiger partial charge in [-0.1, -0.05) is 54.0 Å². The number of aromatic amines is 1. The molecule has 0 aromatic carbocycles. The largest absolute Gasteiger partial charge is 0.480 e. The van der Waals surface area contributed by atoms with Gasteiger partial charge in [-0.3, -0.25) is 9.59 Å². The van der Waals surface area contributed by atoms with Crippen LogP contribution in [0.1, 0.15) is 112 Å². The molecule has 0 saturated heterocycles. The zero-order chi connectivity index (χ0) is 32.1. The molecule has 1 aromatic rings. The van der Waals surface area contributed by atoms with Crippen LogP contribution in [0.3, 0.4) is 0 Å². The molecule has 4 fully saturated rings. The average molecular weight is 608 g/mol. The van der Waals surface area contributed by atoms with Crippen molar-refractivity contribution < 1.29 is 24.6 Å². The second-order valence-electron chi connectivity index (χ2n) is 17.3. The van der Waals surface area contributed by atoms with Gasteiger partial charge >= 0.3 is 5.97 Å². The lowest BCUT2D eigenvalue weighted by Gasteiger charge is -2.70. The van der Waals surface area contributed by atoms with Gasteiger partial charge in [0.05, 0.1) is 12.4 Å². The number of rotatable bonds is 5. The number of carboxylic acid groups (broad SMARTS) is 1. The molecule has 0 spiro atoms. The smallest absolute Gasteiger partial charge is 0.326 e. The molecule has 8 heteroatoms. The third kappa shape index (κ3) is 4.32. The Morgan fingerprint density at radius 1 is 1.02 bits per heavy atom. The van der Waals surface area contributed by atoms with Crippen molar-refractivity contribution in [1.82, 2.24) is 15.3 Å². The molecule has 0 unspecified atom stereocenters. The summed E-state index contributed by atoms with van der Waals surface area (Å²) in [6.45, 7) is 15.8. The Balaban J connectivity index is 1.33. The quantitative estimate of drug-likeness (QED) is 0.331. The van der Waals surface area contributed by atoms with Gasteiger partial charge in [0.2, 0.25) is 5.91 Å². The van der Waals surface area contributed by atoms with Crippen LogP contribution in [-0.2, 0) is 20.8 Å². The molecule has 1 aromatic heterocycles. The number of allylic oxidation sites excluding steroid dienone is 2. The van der Waals surface area contributed by atoms with Crippen LogP contribution < -0.4 is 5.32 Å². The zero-order valence-electron chi connectivity index (χ0n) is 27.8. The Morgan fingerprint density at radius 2 is 1.73 bits per heavy atom. The van der Waals surface area contributed by atoms with Crippen molar-refractivity contribution in [3.63, 3.8) is 0 Å². The normalized spacial score (nSPS) is 45.1. The molecule has 242 valence electrons. The first-order valence-electron chi connectivity index (χ1n) is 16.9. The van der Waals surface area contributed by atoms with Crippen LogP contribution in [0.4, 0.5) is 0 Å². The van der Waals surface area contributed by atoms with Crippen LogP contribution in [0.2, 0.25) is 0 Å². The molecule has 0 radical (unpaired) electrons. The molecule has 6 rings (SSSR count). The summed E-state index contributed by atoms with van der Waals surface area (Å²) in [5.74, 6) is -0.759. The number of aliphatic hydroxyl groups excluding tert-OH is 1. The van der Waals surface area contributed by atoms with Crippen molar-refractivity contribution in [3.8, 4) is 0 Å². The van der Waals surface area contributed by atoms with Crippen LogP contribution in [-0.4, -0.2) is 50.0 Å². The van der Waals surface area contributed by atoms with Crippen molar-refractivity contribution in [3.05, 3.63) is 29.9 Å². The predicted octanol–water partition coefficient (Wildman–Crippen LogP) is 5.86. The molecule has 5 aliphatic rings. The van der Waals surface area contributed by atoms with Gasteiger partial charge in [0, 0.05) is 29.6 Å². The van der Waals surface area contributed by atoms with Gasteiger partial charge in [0.15, 0.2) is 5.78 Å². The van der Waals surface area contributed by atoms with E-state index >= 15 is 0 Å². The third-order valence-corrected chi connectivity index (χ3v) is 14.7. The molecular formula is C36H53N3O5. The number of carboxylic acids is 1. The van der Waals surface area contributed by atoms with Gasteiger partial charge in [-0.15, -0.1) is 0 Å². The van der Waals surface area contributed by atoms with E-state index in [4.69, 9.17) is 0 Å². The average Bonchev–Trinajstić information content (AvgIpc) is 3.46. The number of carbonyl (C=O) groups is 3. The molecule has 4 N–H and O–H groups in total.